The van der Waals surface area contributed by atoms with E-state index in [0.717, 1.165) is 29.5 Å². The molecule has 0 spiro atoms. The van der Waals surface area contributed by atoms with Crippen molar-refractivity contribution in [1.29, 1.82) is 0 Å². The van der Waals surface area contributed by atoms with Crippen LogP contribution < -0.4 is 0 Å². The van der Waals surface area contributed by atoms with Gasteiger partial charge in [0.15, 0.2) is 15.6 Å². The summed E-state index contributed by atoms with van der Waals surface area (Å²) in [6.07, 6.45) is 3.66. The molecule has 0 N–H and O–H groups in total. The average Bonchev–Trinajstić information content (AvgIpc) is 3.25. The molecule has 4 heteroatoms. The second-order valence-electron chi connectivity index (χ2n) is 6.79. The van der Waals surface area contributed by atoms with Gasteiger partial charge in [0, 0.05) is 5.56 Å². The number of benzene rings is 2. The Morgan fingerprint density at radius 3 is 2.29 bits per heavy atom. The van der Waals surface area contributed by atoms with E-state index in [0.29, 0.717) is 24.8 Å². The lowest BCUT2D eigenvalue weighted by atomic mass is 10.0. The molecular formula is C20H20O3S. The largest absolute Gasteiger partial charge is 0.293 e. The molecule has 24 heavy (non-hydrogen) atoms. The Balaban J connectivity index is 1.68. The zero-order valence-corrected chi connectivity index (χ0v) is 14.3. The molecular weight excluding hydrogens is 320 g/mol. The van der Waals surface area contributed by atoms with Gasteiger partial charge >= 0.3 is 0 Å². The molecule has 0 aliphatic heterocycles. The summed E-state index contributed by atoms with van der Waals surface area (Å²) in [4.78, 5) is 12.8. The van der Waals surface area contributed by atoms with Gasteiger partial charge < -0.3 is 0 Å². The van der Waals surface area contributed by atoms with Gasteiger partial charge in [-0.2, -0.15) is 0 Å². The zero-order valence-electron chi connectivity index (χ0n) is 13.4. The monoisotopic (exact) mass is 340 g/mol. The topological polar surface area (TPSA) is 51.2 Å². The molecule has 3 nitrogen and oxygen atoms in total. The van der Waals surface area contributed by atoms with Crippen LogP contribution in [0.5, 0.6) is 0 Å². The molecule has 2 aliphatic carbocycles. The summed E-state index contributed by atoms with van der Waals surface area (Å²) in [5.41, 5.74) is 3.45. The molecule has 0 bridgehead atoms. The summed E-state index contributed by atoms with van der Waals surface area (Å²) in [6.45, 7) is 0. The van der Waals surface area contributed by atoms with E-state index in [1.807, 2.05) is 48.5 Å². The van der Waals surface area contributed by atoms with Gasteiger partial charge in [-0.25, -0.2) is 8.42 Å². The van der Waals surface area contributed by atoms with Crippen LogP contribution in [0.2, 0.25) is 0 Å². The number of hydrogen-bond acceptors (Lipinski definition) is 3. The summed E-state index contributed by atoms with van der Waals surface area (Å²) in [5, 5.41) is -1.20. The average molecular weight is 340 g/mol. The molecule has 1 saturated carbocycles. The third kappa shape index (κ3) is 2.49. The van der Waals surface area contributed by atoms with Crippen molar-refractivity contribution in [2.24, 2.45) is 0 Å². The maximum atomic E-state index is 12.8. The van der Waals surface area contributed by atoms with E-state index >= 15 is 0 Å². The van der Waals surface area contributed by atoms with Crippen molar-refractivity contribution in [3.63, 3.8) is 0 Å². The van der Waals surface area contributed by atoms with Crippen molar-refractivity contribution in [2.45, 2.75) is 42.6 Å². The Labute approximate surface area is 142 Å². The van der Waals surface area contributed by atoms with Crippen LogP contribution in [0.4, 0.5) is 0 Å². The van der Waals surface area contributed by atoms with E-state index < -0.39 is 15.1 Å². The number of sulfone groups is 1. The SMILES string of the molecule is O=C1c2cc(-c3ccccc3)ccc2CC1S(=O)(=O)C1CCCC1. The summed E-state index contributed by atoms with van der Waals surface area (Å²) in [6, 6.07) is 15.6. The highest BCUT2D eigenvalue weighted by atomic mass is 32.2. The van der Waals surface area contributed by atoms with Crippen LogP contribution in [-0.2, 0) is 16.3 Å². The maximum Gasteiger partial charge on any atom is 0.181 e. The standard InChI is InChI=1S/C20H20O3S/c21-20-18-12-15(14-6-2-1-3-7-14)10-11-16(18)13-19(20)24(22,23)17-8-4-5-9-17/h1-3,6-7,10-12,17,19H,4-5,8-9,13H2. The lowest BCUT2D eigenvalue weighted by Crippen LogP contribution is -2.34. The molecule has 0 aromatic heterocycles. The van der Waals surface area contributed by atoms with E-state index in [2.05, 4.69) is 0 Å². The van der Waals surface area contributed by atoms with E-state index in [1.165, 1.54) is 0 Å². The smallest absolute Gasteiger partial charge is 0.181 e. The molecule has 2 aromatic rings. The van der Waals surface area contributed by atoms with Crippen molar-refractivity contribution in [3.05, 3.63) is 59.7 Å². The van der Waals surface area contributed by atoms with Gasteiger partial charge in [-0.1, -0.05) is 55.3 Å². The van der Waals surface area contributed by atoms with E-state index in [4.69, 9.17) is 0 Å². The summed E-state index contributed by atoms with van der Waals surface area (Å²) in [5.74, 6) is -0.213. The van der Waals surface area contributed by atoms with Crippen LogP contribution in [0, 0.1) is 0 Å². The van der Waals surface area contributed by atoms with Crippen LogP contribution in [0.25, 0.3) is 11.1 Å². The number of rotatable bonds is 3. The first-order valence-electron chi connectivity index (χ1n) is 8.52. The first-order chi connectivity index (χ1) is 11.6. The van der Waals surface area contributed by atoms with Crippen LogP contribution >= 0.6 is 0 Å². The Kier molecular flexibility index (Phi) is 3.80. The van der Waals surface area contributed by atoms with Gasteiger partial charge in [-0.15, -0.1) is 0 Å². The predicted molar refractivity (Wildman–Crippen MR) is 94.9 cm³/mol. The lowest BCUT2D eigenvalue weighted by molar-refractivity contribution is 0.0997. The number of hydrogen-bond donors (Lipinski definition) is 0. The Hall–Kier alpha value is -1.94. The van der Waals surface area contributed by atoms with Crippen LogP contribution in [0.3, 0.4) is 0 Å². The maximum absolute atomic E-state index is 12.8. The number of carbonyl (C=O) groups excluding carboxylic acids is 1. The van der Waals surface area contributed by atoms with Gasteiger partial charge in [0.05, 0.1) is 5.25 Å². The summed E-state index contributed by atoms with van der Waals surface area (Å²) < 4.78 is 25.7. The van der Waals surface area contributed by atoms with E-state index in [1.54, 1.807) is 0 Å². The third-order valence-corrected chi connectivity index (χ3v) is 7.92. The summed E-state index contributed by atoms with van der Waals surface area (Å²) in [7, 11) is -3.38. The number of ketones is 1. The minimum atomic E-state index is -3.38. The first-order valence-corrected chi connectivity index (χ1v) is 10.1. The molecule has 4 rings (SSSR count). The van der Waals surface area contributed by atoms with Gasteiger partial charge in [0.1, 0.15) is 5.25 Å². The summed E-state index contributed by atoms with van der Waals surface area (Å²) >= 11 is 0. The molecule has 1 atom stereocenters. The molecule has 0 radical (unpaired) electrons. The van der Waals surface area contributed by atoms with Gasteiger partial charge in [0.2, 0.25) is 0 Å². The third-order valence-electron chi connectivity index (χ3n) is 5.34. The fraction of sp³-hybridized carbons (Fsp3) is 0.350. The molecule has 2 aromatic carbocycles. The number of carbonyl (C=O) groups is 1. The van der Waals surface area contributed by atoms with Crippen LogP contribution in [0.1, 0.15) is 41.6 Å². The second kappa shape index (κ2) is 5.85. The molecule has 1 unspecified atom stereocenters. The highest BCUT2D eigenvalue weighted by molar-refractivity contribution is 7.93. The zero-order chi connectivity index (χ0) is 16.7. The fourth-order valence-electron chi connectivity index (χ4n) is 3.97. The second-order valence-corrected chi connectivity index (χ2v) is 9.20. The molecule has 1 fully saturated rings. The quantitative estimate of drug-likeness (QED) is 0.853. The lowest BCUT2D eigenvalue weighted by Gasteiger charge is -2.15. The highest BCUT2D eigenvalue weighted by Crippen LogP contribution is 2.35. The molecule has 2 aliphatic rings. The predicted octanol–water partition coefficient (Wildman–Crippen LogP) is 3.82. The van der Waals surface area contributed by atoms with E-state index in [9.17, 15) is 13.2 Å². The fourth-order valence-corrected chi connectivity index (χ4v) is 6.27. The van der Waals surface area contributed by atoms with Crippen molar-refractivity contribution in [3.8, 4) is 11.1 Å². The van der Waals surface area contributed by atoms with Crippen molar-refractivity contribution >= 4 is 15.6 Å². The molecule has 0 amide bonds. The Morgan fingerprint density at radius 2 is 1.58 bits per heavy atom. The van der Waals surface area contributed by atoms with E-state index in [-0.39, 0.29) is 11.0 Å². The number of fused-ring (bicyclic) bond motifs is 1. The van der Waals surface area contributed by atoms with Crippen LogP contribution in [0.15, 0.2) is 48.5 Å². The van der Waals surface area contributed by atoms with Gasteiger partial charge in [-0.05, 0) is 42.0 Å². The normalized spacial score (nSPS) is 21.2. The Bertz CT molecular complexity index is 878. The Morgan fingerprint density at radius 1 is 0.875 bits per heavy atom. The van der Waals surface area contributed by atoms with Gasteiger partial charge in [0.25, 0.3) is 0 Å². The first kappa shape index (κ1) is 15.6. The van der Waals surface area contributed by atoms with Gasteiger partial charge in [-0.3, -0.25) is 4.79 Å². The number of Topliss-reactive ketones (excluding diaryl/α,β-unsaturated/α-hetero) is 1. The molecule has 124 valence electrons. The van der Waals surface area contributed by atoms with Crippen molar-refractivity contribution < 1.29 is 13.2 Å². The highest BCUT2D eigenvalue weighted by Gasteiger charge is 2.44. The molecule has 0 saturated heterocycles. The molecule has 0 heterocycles. The minimum Gasteiger partial charge on any atom is -0.293 e. The van der Waals surface area contributed by atoms with Crippen molar-refractivity contribution in [2.75, 3.05) is 0 Å². The minimum absolute atomic E-state index is 0.213. The van der Waals surface area contributed by atoms with Crippen molar-refractivity contribution in [1.82, 2.24) is 0 Å². The van der Waals surface area contributed by atoms with Crippen LogP contribution in [-0.4, -0.2) is 24.7 Å².